The summed E-state index contributed by atoms with van der Waals surface area (Å²) >= 11 is 1.78. The summed E-state index contributed by atoms with van der Waals surface area (Å²) in [7, 11) is 0. The zero-order valence-electron chi connectivity index (χ0n) is 9.86. The highest BCUT2D eigenvalue weighted by molar-refractivity contribution is 7.10. The summed E-state index contributed by atoms with van der Waals surface area (Å²) in [5.74, 6) is 1.97. The molecule has 0 amide bonds. The van der Waals surface area contributed by atoms with Gasteiger partial charge in [0.2, 0.25) is 0 Å². The molecule has 2 aromatic heterocycles. The number of nitrogens with one attached hydrogen (secondary N) is 1. The van der Waals surface area contributed by atoms with E-state index in [0.717, 1.165) is 11.5 Å². The fraction of sp³-hybridized carbons (Fsp3) is 0.385. The second kappa shape index (κ2) is 4.85. The molecule has 0 aliphatic carbocycles. The molecule has 0 bridgehead atoms. The highest BCUT2D eigenvalue weighted by atomic mass is 32.1. The van der Waals surface area contributed by atoms with Crippen molar-refractivity contribution in [2.45, 2.75) is 32.9 Å². The van der Waals surface area contributed by atoms with Crippen LogP contribution in [0.4, 0.5) is 0 Å². The van der Waals surface area contributed by atoms with E-state index in [1.165, 1.54) is 4.88 Å². The maximum atomic E-state index is 5.60. The van der Waals surface area contributed by atoms with Crippen LogP contribution in [0.25, 0.3) is 0 Å². The molecular weight excluding hydrogens is 218 g/mol. The molecule has 0 radical (unpaired) electrons. The lowest BCUT2D eigenvalue weighted by Crippen LogP contribution is -2.21. The monoisotopic (exact) mass is 235 g/mol. The van der Waals surface area contributed by atoms with Crippen molar-refractivity contribution in [2.75, 3.05) is 0 Å². The first kappa shape index (κ1) is 11.4. The Hall–Kier alpha value is -1.06. The smallest absolute Gasteiger partial charge is 0.120 e. The molecule has 2 nitrogen and oxygen atoms in total. The number of hydrogen-bond acceptors (Lipinski definition) is 3. The van der Waals surface area contributed by atoms with Crippen molar-refractivity contribution in [1.82, 2.24) is 5.32 Å². The Labute approximate surface area is 100 Å². The molecule has 0 fully saturated rings. The molecule has 1 N–H and O–H groups in total. The summed E-state index contributed by atoms with van der Waals surface area (Å²) in [5.41, 5.74) is 0. The third-order valence-corrected chi connectivity index (χ3v) is 3.71. The minimum absolute atomic E-state index is 0.241. The molecule has 0 aliphatic rings. The fourth-order valence-corrected chi connectivity index (χ4v) is 2.51. The van der Waals surface area contributed by atoms with Crippen LogP contribution in [0.5, 0.6) is 0 Å². The average Bonchev–Trinajstić information content (AvgIpc) is 2.87. The van der Waals surface area contributed by atoms with E-state index >= 15 is 0 Å². The van der Waals surface area contributed by atoms with Crippen molar-refractivity contribution in [3.8, 4) is 0 Å². The van der Waals surface area contributed by atoms with Crippen LogP contribution in [-0.2, 0) is 0 Å². The Morgan fingerprint density at radius 2 is 2.00 bits per heavy atom. The van der Waals surface area contributed by atoms with Gasteiger partial charge in [-0.2, -0.15) is 0 Å². The van der Waals surface area contributed by atoms with Gasteiger partial charge in [-0.05, 0) is 44.4 Å². The van der Waals surface area contributed by atoms with E-state index in [1.807, 2.05) is 19.1 Å². The maximum absolute atomic E-state index is 5.60. The number of thiophene rings is 1. The van der Waals surface area contributed by atoms with E-state index in [9.17, 15) is 0 Å². The topological polar surface area (TPSA) is 25.2 Å². The number of furan rings is 1. The second-order valence-electron chi connectivity index (χ2n) is 4.07. The van der Waals surface area contributed by atoms with Crippen molar-refractivity contribution in [1.29, 1.82) is 0 Å². The van der Waals surface area contributed by atoms with Crippen LogP contribution < -0.4 is 5.32 Å². The second-order valence-corrected chi connectivity index (χ2v) is 5.05. The maximum Gasteiger partial charge on any atom is 0.120 e. The minimum atomic E-state index is 0.241. The number of aryl methyl sites for hydroxylation is 1. The van der Waals surface area contributed by atoms with Crippen LogP contribution in [0.2, 0.25) is 0 Å². The van der Waals surface area contributed by atoms with Crippen molar-refractivity contribution in [2.24, 2.45) is 0 Å². The lowest BCUT2D eigenvalue weighted by molar-refractivity contribution is 0.394. The van der Waals surface area contributed by atoms with Crippen LogP contribution in [0, 0.1) is 6.92 Å². The first-order valence-electron chi connectivity index (χ1n) is 5.52. The van der Waals surface area contributed by atoms with Gasteiger partial charge in [-0.3, -0.25) is 0 Å². The molecule has 0 saturated heterocycles. The summed E-state index contributed by atoms with van der Waals surface area (Å²) < 4.78 is 5.60. The van der Waals surface area contributed by atoms with Crippen LogP contribution >= 0.6 is 11.3 Å². The van der Waals surface area contributed by atoms with Gasteiger partial charge in [0, 0.05) is 10.9 Å². The van der Waals surface area contributed by atoms with Gasteiger partial charge in [0.1, 0.15) is 11.5 Å². The normalized spacial score (nSPS) is 14.9. The van der Waals surface area contributed by atoms with Gasteiger partial charge in [0.25, 0.3) is 0 Å². The molecule has 2 atom stereocenters. The van der Waals surface area contributed by atoms with E-state index in [-0.39, 0.29) is 6.04 Å². The molecule has 2 aromatic rings. The third-order valence-electron chi connectivity index (χ3n) is 2.66. The Morgan fingerprint density at radius 1 is 1.19 bits per heavy atom. The number of rotatable bonds is 4. The lowest BCUT2D eigenvalue weighted by Gasteiger charge is -2.17. The minimum Gasteiger partial charge on any atom is -0.465 e. The van der Waals surface area contributed by atoms with Gasteiger partial charge in [-0.25, -0.2) is 0 Å². The molecule has 86 valence electrons. The zero-order chi connectivity index (χ0) is 11.5. The van der Waals surface area contributed by atoms with E-state index in [1.54, 1.807) is 11.3 Å². The highest BCUT2D eigenvalue weighted by Crippen LogP contribution is 2.23. The molecule has 2 heterocycles. The molecule has 2 rings (SSSR count). The SMILES string of the molecule is Cc1ccc(C(C)NC(C)c2cccs2)o1. The van der Waals surface area contributed by atoms with Crippen molar-refractivity contribution in [3.63, 3.8) is 0 Å². The largest absolute Gasteiger partial charge is 0.465 e. The van der Waals surface area contributed by atoms with E-state index in [0.29, 0.717) is 6.04 Å². The van der Waals surface area contributed by atoms with Gasteiger partial charge >= 0.3 is 0 Å². The predicted octanol–water partition coefficient (Wildman–Crippen LogP) is 4.06. The average molecular weight is 235 g/mol. The van der Waals surface area contributed by atoms with Gasteiger partial charge < -0.3 is 9.73 Å². The molecule has 0 saturated carbocycles. The molecule has 0 aromatic carbocycles. The molecular formula is C13H17NOS. The Kier molecular flexibility index (Phi) is 3.46. The van der Waals surface area contributed by atoms with Gasteiger partial charge in [-0.1, -0.05) is 6.07 Å². The van der Waals surface area contributed by atoms with Gasteiger partial charge in [0.05, 0.1) is 6.04 Å². The summed E-state index contributed by atoms with van der Waals surface area (Å²) in [4.78, 5) is 1.36. The van der Waals surface area contributed by atoms with Gasteiger partial charge in [0.15, 0.2) is 0 Å². The predicted molar refractivity (Wildman–Crippen MR) is 67.7 cm³/mol. The molecule has 0 spiro atoms. The van der Waals surface area contributed by atoms with Crippen molar-refractivity contribution >= 4 is 11.3 Å². The summed E-state index contributed by atoms with van der Waals surface area (Å²) in [5, 5.41) is 5.63. The van der Waals surface area contributed by atoms with E-state index < -0.39 is 0 Å². The van der Waals surface area contributed by atoms with E-state index in [2.05, 4.69) is 36.7 Å². The first-order valence-corrected chi connectivity index (χ1v) is 6.40. The quantitative estimate of drug-likeness (QED) is 0.864. The fourth-order valence-electron chi connectivity index (χ4n) is 1.76. The first-order chi connectivity index (χ1) is 7.66. The van der Waals surface area contributed by atoms with Gasteiger partial charge in [-0.15, -0.1) is 11.3 Å². The van der Waals surface area contributed by atoms with Crippen LogP contribution in [0.15, 0.2) is 34.1 Å². The lowest BCUT2D eigenvalue weighted by atomic mass is 10.2. The number of hydrogen-bond donors (Lipinski definition) is 1. The molecule has 16 heavy (non-hydrogen) atoms. The summed E-state index contributed by atoms with van der Waals surface area (Å²) in [6.45, 7) is 6.28. The summed E-state index contributed by atoms with van der Waals surface area (Å²) in [6.07, 6.45) is 0. The third kappa shape index (κ3) is 2.54. The van der Waals surface area contributed by atoms with E-state index in [4.69, 9.17) is 4.42 Å². The standard InChI is InChI=1S/C13H17NOS/c1-9-6-7-12(15-9)10(2)14-11(3)13-5-4-8-16-13/h4-8,10-11,14H,1-3H3. The Morgan fingerprint density at radius 3 is 2.56 bits per heavy atom. The molecule has 2 unspecified atom stereocenters. The van der Waals surface area contributed by atoms with Crippen LogP contribution in [-0.4, -0.2) is 0 Å². The van der Waals surface area contributed by atoms with Crippen molar-refractivity contribution < 1.29 is 4.42 Å². The van der Waals surface area contributed by atoms with Crippen LogP contribution in [0.3, 0.4) is 0 Å². The highest BCUT2D eigenvalue weighted by Gasteiger charge is 2.13. The Balaban J connectivity index is 2.00. The zero-order valence-corrected chi connectivity index (χ0v) is 10.7. The Bertz CT molecular complexity index is 432. The molecule has 3 heteroatoms. The van der Waals surface area contributed by atoms with Crippen LogP contribution in [0.1, 0.15) is 42.3 Å². The summed E-state index contributed by atoms with van der Waals surface area (Å²) in [6, 6.07) is 8.88. The molecule has 0 aliphatic heterocycles. The van der Waals surface area contributed by atoms with Crippen molar-refractivity contribution in [3.05, 3.63) is 46.0 Å².